The van der Waals surface area contributed by atoms with Crippen molar-refractivity contribution in [2.45, 2.75) is 43.9 Å². The van der Waals surface area contributed by atoms with Crippen LogP contribution in [-0.4, -0.2) is 17.2 Å². The first-order valence-corrected chi connectivity index (χ1v) is 9.52. The van der Waals surface area contributed by atoms with Gasteiger partial charge in [0.25, 0.3) is 0 Å². The first-order valence-electron chi connectivity index (χ1n) is 9.52. The van der Waals surface area contributed by atoms with Crippen LogP contribution in [0.2, 0.25) is 0 Å². The third kappa shape index (κ3) is 1.95. The van der Waals surface area contributed by atoms with Gasteiger partial charge < -0.3 is 14.5 Å². The first kappa shape index (κ1) is 14.4. The van der Waals surface area contributed by atoms with Crippen molar-refractivity contribution in [1.82, 2.24) is 0 Å². The second kappa shape index (κ2) is 4.90. The van der Waals surface area contributed by atoms with E-state index in [-0.39, 0.29) is 0 Å². The lowest BCUT2D eigenvalue weighted by molar-refractivity contribution is 0.166. The Kier molecular flexibility index (Phi) is 2.82. The minimum Gasteiger partial charge on any atom is -0.456 e. The minimum atomic E-state index is -1.51. The standard InChI is InChI=1S/C21H21BO3/c23-22(24)19-3-1-2-15-18-9-16-13-5-11-4-12(6-13)8-14(7-11)17(16)10-20(18)25-21(15)19/h1-3,9-14,23-24H,4-8H2. The van der Waals surface area contributed by atoms with Crippen molar-refractivity contribution in [1.29, 1.82) is 0 Å². The molecule has 0 spiro atoms. The highest BCUT2D eigenvalue weighted by molar-refractivity contribution is 6.61. The summed E-state index contributed by atoms with van der Waals surface area (Å²) in [4.78, 5) is 0. The molecule has 3 aromatic rings. The molecule has 1 heterocycles. The Balaban J connectivity index is 1.64. The van der Waals surface area contributed by atoms with Gasteiger partial charge in [-0.25, -0.2) is 0 Å². The van der Waals surface area contributed by atoms with Gasteiger partial charge in [0.15, 0.2) is 0 Å². The van der Waals surface area contributed by atoms with Gasteiger partial charge in [-0.15, -0.1) is 0 Å². The summed E-state index contributed by atoms with van der Waals surface area (Å²) in [7, 11) is -1.51. The number of fused-ring (bicyclic) bond motifs is 3. The maximum Gasteiger partial charge on any atom is 0.492 e. The van der Waals surface area contributed by atoms with E-state index in [0.717, 1.165) is 28.2 Å². The molecule has 3 nitrogen and oxygen atoms in total. The van der Waals surface area contributed by atoms with Crippen LogP contribution in [0.15, 0.2) is 34.7 Å². The van der Waals surface area contributed by atoms with E-state index in [9.17, 15) is 10.0 Å². The summed E-state index contributed by atoms with van der Waals surface area (Å²) < 4.78 is 6.12. The molecule has 2 aromatic carbocycles. The van der Waals surface area contributed by atoms with Crippen LogP contribution < -0.4 is 5.46 Å². The van der Waals surface area contributed by atoms with E-state index in [1.54, 1.807) is 11.6 Å². The van der Waals surface area contributed by atoms with Gasteiger partial charge >= 0.3 is 7.12 Å². The van der Waals surface area contributed by atoms with E-state index >= 15 is 0 Å². The zero-order valence-electron chi connectivity index (χ0n) is 14.1. The number of hydrogen-bond donors (Lipinski definition) is 2. The summed E-state index contributed by atoms with van der Waals surface area (Å²) in [5.41, 5.74) is 5.00. The smallest absolute Gasteiger partial charge is 0.456 e. The molecule has 2 atom stereocenters. The summed E-state index contributed by atoms with van der Waals surface area (Å²) in [6, 6.07) is 10.3. The van der Waals surface area contributed by atoms with Crippen LogP contribution in [0.4, 0.5) is 0 Å². The Morgan fingerprint density at radius 3 is 2.20 bits per heavy atom. The van der Waals surface area contributed by atoms with Crippen LogP contribution in [0.5, 0.6) is 0 Å². The second-order valence-electron chi connectivity index (χ2n) is 8.48. The number of hydrogen-bond acceptors (Lipinski definition) is 3. The summed E-state index contributed by atoms with van der Waals surface area (Å²) in [5, 5.41) is 21.4. The molecule has 4 heteroatoms. The number of furan rings is 1. The van der Waals surface area contributed by atoms with Gasteiger partial charge in [-0.2, -0.15) is 0 Å². The Morgan fingerprint density at radius 1 is 0.840 bits per heavy atom. The molecule has 25 heavy (non-hydrogen) atoms. The molecule has 0 amide bonds. The maximum atomic E-state index is 9.66. The van der Waals surface area contributed by atoms with Gasteiger partial charge in [-0.1, -0.05) is 18.2 Å². The maximum absolute atomic E-state index is 9.66. The third-order valence-electron chi connectivity index (χ3n) is 7.03. The topological polar surface area (TPSA) is 53.6 Å². The van der Waals surface area contributed by atoms with E-state index < -0.39 is 7.12 Å². The predicted molar refractivity (Wildman–Crippen MR) is 99.1 cm³/mol. The molecular weight excluding hydrogens is 311 g/mol. The SMILES string of the molecule is OB(O)c1cccc2c1oc1cc3c(cc12)C1CC2CC(CC3C2)C1. The molecule has 2 N–H and O–H groups in total. The lowest BCUT2D eigenvalue weighted by Gasteiger charge is -2.38. The molecule has 1 aromatic heterocycles. The van der Waals surface area contributed by atoms with Crippen molar-refractivity contribution >= 4 is 34.5 Å². The fourth-order valence-corrected chi connectivity index (χ4v) is 6.17. The van der Waals surface area contributed by atoms with Crippen molar-refractivity contribution in [3.63, 3.8) is 0 Å². The van der Waals surface area contributed by atoms with E-state index in [1.165, 1.54) is 37.7 Å². The summed E-state index contributed by atoms with van der Waals surface area (Å²) in [5.74, 6) is 3.21. The van der Waals surface area contributed by atoms with Crippen LogP contribution in [-0.2, 0) is 0 Å². The number of benzene rings is 2. The molecule has 0 saturated heterocycles. The number of para-hydroxylation sites is 1. The van der Waals surface area contributed by atoms with E-state index in [4.69, 9.17) is 4.42 Å². The quantitative estimate of drug-likeness (QED) is 0.669. The van der Waals surface area contributed by atoms with Crippen LogP contribution in [0.25, 0.3) is 21.9 Å². The third-order valence-corrected chi connectivity index (χ3v) is 7.03. The van der Waals surface area contributed by atoms with Gasteiger partial charge in [-0.05, 0) is 79.0 Å². The molecule has 4 aliphatic carbocycles. The summed E-state index contributed by atoms with van der Waals surface area (Å²) in [6.07, 6.45) is 6.82. The van der Waals surface area contributed by atoms with Crippen molar-refractivity contribution in [2.75, 3.05) is 0 Å². The van der Waals surface area contributed by atoms with Gasteiger partial charge in [0, 0.05) is 16.2 Å². The van der Waals surface area contributed by atoms with Crippen molar-refractivity contribution in [3.8, 4) is 0 Å². The first-order chi connectivity index (χ1) is 12.2. The highest BCUT2D eigenvalue weighted by Crippen LogP contribution is 2.56. The Bertz CT molecular complexity index is 991. The Hall–Kier alpha value is -1.78. The fraction of sp³-hybridized carbons (Fsp3) is 0.429. The lowest BCUT2D eigenvalue weighted by Crippen LogP contribution is -2.29. The van der Waals surface area contributed by atoms with Crippen LogP contribution >= 0.6 is 0 Å². The molecule has 0 aliphatic heterocycles. The molecular formula is C21H21BO3. The van der Waals surface area contributed by atoms with Gasteiger partial charge in [-0.3, -0.25) is 0 Å². The average molecular weight is 332 g/mol. The second-order valence-corrected chi connectivity index (χ2v) is 8.48. The molecule has 0 radical (unpaired) electrons. The fourth-order valence-electron chi connectivity index (χ4n) is 6.17. The van der Waals surface area contributed by atoms with Crippen molar-refractivity contribution < 1.29 is 14.5 Å². The van der Waals surface area contributed by atoms with Gasteiger partial charge in [0.05, 0.1) is 0 Å². The normalized spacial score (nSPS) is 30.0. The Labute approximate surface area is 146 Å². The zero-order chi connectivity index (χ0) is 16.7. The van der Waals surface area contributed by atoms with E-state index in [0.29, 0.717) is 22.9 Å². The van der Waals surface area contributed by atoms with Crippen molar-refractivity contribution in [2.24, 2.45) is 11.8 Å². The number of rotatable bonds is 1. The molecule has 126 valence electrons. The molecule has 2 unspecified atom stereocenters. The molecule has 4 aliphatic rings. The zero-order valence-corrected chi connectivity index (χ0v) is 14.1. The monoisotopic (exact) mass is 332 g/mol. The molecule has 4 bridgehead atoms. The van der Waals surface area contributed by atoms with Crippen LogP contribution in [0, 0.1) is 11.8 Å². The van der Waals surface area contributed by atoms with Crippen LogP contribution in [0.3, 0.4) is 0 Å². The largest absolute Gasteiger partial charge is 0.492 e. The summed E-state index contributed by atoms with van der Waals surface area (Å²) in [6.45, 7) is 0. The average Bonchev–Trinajstić information content (AvgIpc) is 2.88. The van der Waals surface area contributed by atoms with Crippen LogP contribution in [0.1, 0.15) is 55.1 Å². The van der Waals surface area contributed by atoms with Gasteiger partial charge in [0.1, 0.15) is 11.2 Å². The van der Waals surface area contributed by atoms with E-state index in [2.05, 4.69) is 12.1 Å². The lowest BCUT2D eigenvalue weighted by atomic mass is 9.67. The predicted octanol–water partition coefficient (Wildman–Crippen LogP) is 3.66. The van der Waals surface area contributed by atoms with Gasteiger partial charge in [0.2, 0.25) is 0 Å². The molecule has 7 rings (SSSR count). The highest BCUT2D eigenvalue weighted by atomic mass is 16.4. The molecule has 2 fully saturated rings. The van der Waals surface area contributed by atoms with Crippen molar-refractivity contribution in [3.05, 3.63) is 41.5 Å². The minimum absolute atomic E-state index is 0.449. The molecule has 2 saturated carbocycles. The Morgan fingerprint density at radius 2 is 1.52 bits per heavy atom. The van der Waals surface area contributed by atoms with E-state index in [1.807, 2.05) is 12.1 Å². The summed E-state index contributed by atoms with van der Waals surface area (Å²) >= 11 is 0. The highest BCUT2D eigenvalue weighted by Gasteiger charge is 2.42.